The number of hydrogen-bond donors (Lipinski definition) is 2. The average Bonchev–Trinajstić information content (AvgIpc) is 3.03. The van der Waals surface area contributed by atoms with Crippen LogP contribution in [0.15, 0.2) is 36.7 Å². The highest BCUT2D eigenvalue weighted by Gasteiger charge is 2.30. The third-order valence-corrected chi connectivity index (χ3v) is 3.73. The van der Waals surface area contributed by atoms with E-state index in [9.17, 15) is 18.0 Å². The number of ether oxygens (including phenoxy) is 1. The predicted molar refractivity (Wildman–Crippen MR) is 91.7 cm³/mol. The highest BCUT2D eigenvalue weighted by atomic mass is 35.5. The Labute approximate surface area is 154 Å². The molecular weight excluding hydrogens is 373 g/mol. The molecule has 0 radical (unpaired) electrons. The van der Waals surface area contributed by atoms with Crippen molar-refractivity contribution in [2.24, 2.45) is 0 Å². The van der Waals surface area contributed by atoms with Crippen molar-refractivity contribution in [2.45, 2.75) is 18.6 Å². The van der Waals surface area contributed by atoms with Gasteiger partial charge in [0.05, 0.1) is 42.5 Å². The molecule has 1 aromatic heterocycles. The van der Waals surface area contributed by atoms with Crippen LogP contribution in [0.1, 0.15) is 12.0 Å². The molecule has 10 heteroatoms. The Morgan fingerprint density at radius 1 is 1.42 bits per heavy atom. The van der Waals surface area contributed by atoms with Crippen LogP contribution >= 0.6 is 12.4 Å². The molecule has 1 aliphatic rings. The molecule has 1 amide bonds. The van der Waals surface area contributed by atoms with E-state index in [2.05, 4.69) is 15.7 Å². The lowest BCUT2D eigenvalue weighted by atomic mass is 10.2. The van der Waals surface area contributed by atoms with Gasteiger partial charge < -0.3 is 15.4 Å². The second-order valence-corrected chi connectivity index (χ2v) is 5.70. The fraction of sp³-hybridized carbons (Fsp3) is 0.375. The SMILES string of the molecule is Cl.O=C(CC1COCCN1)Nc1cnn(-c2cccc(C(F)(F)F)c2)c1. The monoisotopic (exact) mass is 390 g/mol. The van der Waals surface area contributed by atoms with Gasteiger partial charge in [-0.3, -0.25) is 4.79 Å². The van der Waals surface area contributed by atoms with E-state index in [1.54, 1.807) is 0 Å². The maximum Gasteiger partial charge on any atom is 0.416 e. The number of alkyl halides is 3. The van der Waals surface area contributed by atoms with E-state index in [1.807, 2.05) is 0 Å². The standard InChI is InChI=1S/C16H17F3N4O2.ClH/c17-16(18,19)11-2-1-3-14(6-11)23-9-13(8-21-23)22-15(24)7-12-10-25-5-4-20-12;/h1-3,6,8-9,12,20H,4-5,7,10H2,(H,22,24);1H. The Morgan fingerprint density at radius 3 is 2.92 bits per heavy atom. The second kappa shape index (κ2) is 8.52. The Balaban J connectivity index is 0.00000243. The summed E-state index contributed by atoms with van der Waals surface area (Å²) >= 11 is 0. The van der Waals surface area contributed by atoms with E-state index < -0.39 is 11.7 Å². The fourth-order valence-corrected chi connectivity index (χ4v) is 2.54. The van der Waals surface area contributed by atoms with Crippen LogP contribution in [0.2, 0.25) is 0 Å². The first-order chi connectivity index (χ1) is 11.9. The minimum absolute atomic E-state index is 0. The van der Waals surface area contributed by atoms with Gasteiger partial charge in [-0.05, 0) is 18.2 Å². The quantitative estimate of drug-likeness (QED) is 0.842. The number of rotatable bonds is 4. The number of morpholine rings is 1. The predicted octanol–water partition coefficient (Wildman–Crippen LogP) is 2.63. The normalized spacial score (nSPS) is 17.4. The van der Waals surface area contributed by atoms with Crippen LogP contribution < -0.4 is 10.6 Å². The first-order valence-electron chi connectivity index (χ1n) is 7.75. The molecule has 1 fully saturated rings. The number of halogens is 4. The number of carbonyl (C=O) groups excluding carboxylic acids is 1. The highest BCUT2D eigenvalue weighted by Crippen LogP contribution is 2.30. The summed E-state index contributed by atoms with van der Waals surface area (Å²) in [5, 5.41) is 9.86. The first-order valence-corrected chi connectivity index (χ1v) is 7.75. The van der Waals surface area contributed by atoms with Crippen molar-refractivity contribution >= 4 is 24.0 Å². The molecule has 0 saturated carbocycles. The topological polar surface area (TPSA) is 68.2 Å². The van der Waals surface area contributed by atoms with Gasteiger partial charge >= 0.3 is 6.18 Å². The molecule has 3 rings (SSSR count). The Hall–Kier alpha value is -2.10. The van der Waals surface area contributed by atoms with Crippen LogP contribution in [0.5, 0.6) is 0 Å². The molecule has 2 aromatic rings. The maximum absolute atomic E-state index is 12.8. The lowest BCUT2D eigenvalue weighted by Gasteiger charge is -2.23. The van der Waals surface area contributed by atoms with Gasteiger partial charge in [-0.2, -0.15) is 18.3 Å². The van der Waals surface area contributed by atoms with Gasteiger partial charge in [0.25, 0.3) is 0 Å². The summed E-state index contributed by atoms with van der Waals surface area (Å²) in [6, 6.07) is 4.77. The van der Waals surface area contributed by atoms with Crippen molar-refractivity contribution in [3.05, 3.63) is 42.2 Å². The minimum Gasteiger partial charge on any atom is -0.378 e. The molecule has 1 aromatic carbocycles. The number of benzene rings is 1. The summed E-state index contributed by atoms with van der Waals surface area (Å²) in [5.41, 5.74) is -0.0775. The smallest absolute Gasteiger partial charge is 0.378 e. The molecule has 1 saturated heterocycles. The van der Waals surface area contributed by atoms with Gasteiger partial charge in [-0.1, -0.05) is 6.07 Å². The van der Waals surface area contributed by atoms with Gasteiger partial charge in [0, 0.05) is 19.0 Å². The molecule has 1 aliphatic heterocycles. The Bertz CT molecular complexity index is 745. The zero-order chi connectivity index (χ0) is 17.9. The number of anilines is 1. The lowest BCUT2D eigenvalue weighted by molar-refractivity contribution is -0.137. The van der Waals surface area contributed by atoms with Crippen molar-refractivity contribution in [1.82, 2.24) is 15.1 Å². The summed E-state index contributed by atoms with van der Waals surface area (Å²) in [6.45, 7) is 1.80. The molecule has 0 bridgehead atoms. The molecule has 1 atom stereocenters. The zero-order valence-electron chi connectivity index (χ0n) is 13.6. The highest BCUT2D eigenvalue weighted by molar-refractivity contribution is 5.90. The third kappa shape index (κ3) is 5.20. The van der Waals surface area contributed by atoms with E-state index in [0.717, 1.165) is 12.1 Å². The molecule has 2 N–H and O–H groups in total. The number of nitrogens with zero attached hydrogens (tertiary/aromatic N) is 2. The number of amides is 1. The van der Waals surface area contributed by atoms with Crippen LogP contribution in [0.25, 0.3) is 5.69 Å². The van der Waals surface area contributed by atoms with Crippen molar-refractivity contribution in [1.29, 1.82) is 0 Å². The number of aromatic nitrogens is 2. The van der Waals surface area contributed by atoms with Crippen LogP contribution in [0.3, 0.4) is 0 Å². The van der Waals surface area contributed by atoms with E-state index in [-0.39, 0.29) is 36.5 Å². The van der Waals surface area contributed by atoms with Crippen molar-refractivity contribution in [3.63, 3.8) is 0 Å². The van der Waals surface area contributed by atoms with E-state index in [0.29, 0.717) is 25.4 Å². The van der Waals surface area contributed by atoms with Gasteiger partial charge in [0.2, 0.25) is 5.91 Å². The van der Waals surface area contributed by atoms with Crippen LogP contribution in [0, 0.1) is 0 Å². The van der Waals surface area contributed by atoms with Crippen LogP contribution in [0.4, 0.5) is 18.9 Å². The summed E-state index contributed by atoms with van der Waals surface area (Å²) in [7, 11) is 0. The van der Waals surface area contributed by atoms with Crippen LogP contribution in [-0.4, -0.2) is 41.5 Å². The van der Waals surface area contributed by atoms with Gasteiger partial charge in [0.1, 0.15) is 0 Å². The minimum atomic E-state index is -4.42. The second-order valence-electron chi connectivity index (χ2n) is 5.70. The van der Waals surface area contributed by atoms with Crippen LogP contribution in [-0.2, 0) is 15.7 Å². The summed E-state index contributed by atoms with van der Waals surface area (Å²) in [4.78, 5) is 12.0. The number of carbonyl (C=O) groups is 1. The summed E-state index contributed by atoms with van der Waals surface area (Å²) in [5.74, 6) is -0.216. The number of hydrogen-bond acceptors (Lipinski definition) is 4. The van der Waals surface area contributed by atoms with Crippen molar-refractivity contribution < 1.29 is 22.7 Å². The molecule has 26 heavy (non-hydrogen) atoms. The average molecular weight is 391 g/mol. The molecule has 6 nitrogen and oxygen atoms in total. The van der Waals surface area contributed by atoms with E-state index in [1.165, 1.54) is 29.2 Å². The lowest BCUT2D eigenvalue weighted by Crippen LogP contribution is -2.43. The Morgan fingerprint density at radius 2 is 2.23 bits per heavy atom. The van der Waals surface area contributed by atoms with Crippen molar-refractivity contribution in [3.8, 4) is 5.69 Å². The van der Waals surface area contributed by atoms with E-state index >= 15 is 0 Å². The molecule has 0 aliphatic carbocycles. The molecule has 1 unspecified atom stereocenters. The molecule has 142 valence electrons. The largest absolute Gasteiger partial charge is 0.416 e. The van der Waals surface area contributed by atoms with Gasteiger partial charge in [-0.15, -0.1) is 12.4 Å². The summed E-state index contributed by atoms with van der Waals surface area (Å²) in [6.07, 6.45) is -1.31. The fourth-order valence-electron chi connectivity index (χ4n) is 2.54. The van der Waals surface area contributed by atoms with Gasteiger partial charge in [0.15, 0.2) is 0 Å². The van der Waals surface area contributed by atoms with Gasteiger partial charge in [-0.25, -0.2) is 4.68 Å². The molecular formula is C16H18ClF3N4O2. The number of nitrogens with one attached hydrogen (secondary N) is 2. The zero-order valence-corrected chi connectivity index (χ0v) is 14.4. The van der Waals surface area contributed by atoms with E-state index in [4.69, 9.17) is 4.74 Å². The molecule has 2 heterocycles. The Kier molecular flexibility index (Phi) is 6.63. The summed E-state index contributed by atoms with van der Waals surface area (Å²) < 4.78 is 44.9. The third-order valence-electron chi connectivity index (χ3n) is 3.73. The van der Waals surface area contributed by atoms with Crippen molar-refractivity contribution in [2.75, 3.05) is 25.1 Å². The maximum atomic E-state index is 12.8. The molecule has 0 spiro atoms. The first kappa shape index (κ1) is 20.2.